The van der Waals surface area contributed by atoms with Gasteiger partial charge < -0.3 is 24.1 Å². The van der Waals surface area contributed by atoms with Crippen LogP contribution in [-0.4, -0.2) is 48.2 Å². The van der Waals surface area contributed by atoms with Gasteiger partial charge in [-0.25, -0.2) is 4.98 Å². The molecule has 3 aromatic carbocycles. The van der Waals surface area contributed by atoms with Crippen molar-refractivity contribution in [3.8, 4) is 23.0 Å². The van der Waals surface area contributed by atoms with Crippen LogP contribution in [0.25, 0.3) is 16.0 Å². The van der Waals surface area contributed by atoms with Crippen molar-refractivity contribution in [2.75, 3.05) is 31.3 Å². The number of thiazole rings is 1. The van der Waals surface area contributed by atoms with Crippen LogP contribution in [0.15, 0.2) is 54.1 Å². The third kappa shape index (κ3) is 5.16. The van der Waals surface area contributed by atoms with E-state index in [2.05, 4.69) is 0 Å². The predicted molar refractivity (Wildman–Crippen MR) is 165 cm³/mol. The van der Waals surface area contributed by atoms with Gasteiger partial charge in [0.2, 0.25) is 0 Å². The number of benzene rings is 3. The molecule has 2 aliphatic heterocycles. The molecule has 1 unspecified atom stereocenters. The number of carbonyl (C=O) groups is 2. The van der Waals surface area contributed by atoms with Gasteiger partial charge in [0.25, 0.3) is 5.78 Å². The monoisotopic (exact) mass is 600 g/mol. The number of amides is 1. The molecule has 3 heterocycles. The number of rotatable bonds is 8. The molecular formula is C33H32N2O7S. The summed E-state index contributed by atoms with van der Waals surface area (Å²) in [6.07, 6.45) is 0.819. The first kappa shape index (κ1) is 28.5. The van der Waals surface area contributed by atoms with Crippen LogP contribution in [0.1, 0.15) is 48.6 Å². The largest absolute Gasteiger partial charge is 0.507 e. The third-order valence-corrected chi connectivity index (χ3v) is 8.33. The van der Waals surface area contributed by atoms with Crippen LogP contribution in [-0.2, 0) is 9.59 Å². The van der Waals surface area contributed by atoms with E-state index in [9.17, 15) is 14.7 Å². The van der Waals surface area contributed by atoms with Crippen LogP contribution >= 0.6 is 11.3 Å². The van der Waals surface area contributed by atoms with E-state index < -0.39 is 17.7 Å². The van der Waals surface area contributed by atoms with Crippen LogP contribution in [0.3, 0.4) is 0 Å². The fourth-order valence-electron chi connectivity index (χ4n) is 5.45. The highest BCUT2D eigenvalue weighted by atomic mass is 32.1. The Balaban J connectivity index is 1.55. The Bertz CT molecular complexity index is 1780. The highest BCUT2D eigenvalue weighted by Gasteiger charge is 2.48. The standard InChI is InChI=1S/C33H32N2O7S/c1-5-11-40-22-9-7-20(16-24(22)39-6-2)29-27(30(36)21-8-10-23-25(17-21)42-13-12-41-23)31(37)32(38)35(29)33-34-28-19(4)14-18(3)15-26(28)43-33/h7-10,14-17,29,36H,5-6,11-13H2,1-4H3/b30-27+. The van der Waals surface area contributed by atoms with Crippen LogP contribution in [0, 0.1) is 13.8 Å². The summed E-state index contributed by atoms with van der Waals surface area (Å²) in [5, 5.41) is 12.0. The lowest BCUT2D eigenvalue weighted by molar-refractivity contribution is -0.132. The number of ketones is 1. The molecule has 1 aromatic heterocycles. The van der Waals surface area contributed by atoms with E-state index in [1.165, 1.54) is 16.2 Å². The lowest BCUT2D eigenvalue weighted by Crippen LogP contribution is -2.29. The number of anilines is 1. The molecule has 0 radical (unpaired) electrons. The first-order chi connectivity index (χ1) is 20.8. The second-order valence-electron chi connectivity index (χ2n) is 10.4. The first-order valence-corrected chi connectivity index (χ1v) is 15.1. The highest BCUT2D eigenvalue weighted by molar-refractivity contribution is 7.22. The summed E-state index contributed by atoms with van der Waals surface area (Å²) in [5.41, 5.74) is 3.64. The molecule has 0 spiro atoms. The van der Waals surface area contributed by atoms with Gasteiger partial charge in [-0.05, 0) is 80.3 Å². The van der Waals surface area contributed by atoms with Crippen molar-refractivity contribution in [1.82, 2.24) is 4.98 Å². The Morgan fingerprint density at radius 2 is 1.79 bits per heavy atom. The molecule has 4 aromatic rings. The Hall–Kier alpha value is -4.57. The normalized spacial score (nSPS) is 17.5. The molecule has 0 aliphatic carbocycles. The number of nitrogens with zero attached hydrogens (tertiary/aromatic N) is 2. The van der Waals surface area contributed by atoms with Crippen molar-refractivity contribution >= 4 is 44.1 Å². The fourth-order valence-corrected chi connectivity index (χ4v) is 6.62. The second kappa shape index (κ2) is 11.6. The maximum absolute atomic E-state index is 13.8. The first-order valence-electron chi connectivity index (χ1n) is 14.3. The molecule has 1 atom stereocenters. The molecule has 1 amide bonds. The Kier molecular flexibility index (Phi) is 7.70. The number of hydrogen-bond acceptors (Lipinski definition) is 9. The number of aryl methyl sites for hydroxylation is 2. The summed E-state index contributed by atoms with van der Waals surface area (Å²) < 4.78 is 24.0. The van der Waals surface area contributed by atoms with Crippen LogP contribution in [0.5, 0.6) is 23.0 Å². The van der Waals surface area contributed by atoms with Gasteiger partial charge in [0, 0.05) is 5.56 Å². The average Bonchev–Trinajstić information content (AvgIpc) is 3.54. The number of Topliss-reactive ketones (excluding diaryl/α,β-unsaturated/α-hetero) is 1. The molecule has 0 saturated carbocycles. The van der Waals surface area contributed by atoms with Gasteiger partial charge >= 0.3 is 5.91 Å². The van der Waals surface area contributed by atoms with E-state index in [1.54, 1.807) is 36.4 Å². The van der Waals surface area contributed by atoms with Gasteiger partial charge in [-0.3, -0.25) is 14.5 Å². The highest BCUT2D eigenvalue weighted by Crippen LogP contribution is 2.47. The van der Waals surface area contributed by atoms with Crippen molar-refractivity contribution in [2.24, 2.45) is 0 Å². The van der Waals surface area contributed by atoms with E-state index in [-0.39, 0.29) is 11.3 Å². The predicted octanol–water partition coefficient (Wildman–Crippen LogP) is 6.50. The zero-order chi connectivity index (χ0) is 30.2. The summed E-state index contributed by atoms with van der Waals surface area (Å²) in [4.78, 5) is 33.8. The summed E-state index contributed by atoms with van der Waals surface area (Å²) in [7, 11) is 0. The van der Waals surface area contributed by atoms with Crippen molar-refractivity contribution in [3.63, 3.8) is 0 Å². The van der Waals surface area contributed by atoms with Crippen LogP contribution in [0.2, 0.25) is 0 Å². The Labute approximate surface area is 253 Å². The van der Waals surface area contributed by atoms with Crippen molar-refractivity contribution in [1.29, 1.82) is 0 Å². The zero-order valence-electron chi connectivity index (χ0n) is 24.4. The van der Waals surface area contributed by atoms with Gasteiger partial charge in [0.1, 0.15) is 19.0 Å². The number of aliphatic hydroxyl groups excluding tert-OH is 1. The fraction of sp³-hybridized carbons (Fsp3) is 0.303. The van der Waals surface area contributed by atoms with E-state index in [0.29, 0.717) is 65.7 Å². The van der Waals surface area contributed by atoms with Gasteiger partial charge in [0.15, 0.2) is 28.1 Å². The SMILES string of the molecule is CCCOc1ccc(C2/C(=C(\O)c3ccc4c(c3)OCCO4)C(=O)C(=O)N2c2nc3c(C)cc(C)cc3s2)cc1OCC. The number of carbonyl (C=O) groups excluding carboxylic acids is 2. The van der Waals surface area contributed by atoms with Crippen LogP contribution in [0.4, 0.5) is 5.13 Å². The summed E-state index contributed by atoms with van der Waals surface area (Å²) >= 11 is 1.33. The van der Waals surface area contributed by atoms with Gasteiger partial charge in [0.05, 0.1) is 35.0 Å². The second-order valence-corrected chi connectivity index (χ2v) is 11.4. The molecule has 0 bridgehead atoms. The molecule has 1 saturated heterocycles. The van der Waals surface area contributed by atoms with E-state index >= 15 is 0 Å². The van der Waals surface area contributed by atoms with Gasteiger partial charge in [-0.15, -0.1) is 0 Å². The van der Waals surface area contributed by atoms with E-state index in [4.69, 9.17) is 23.9 Å². The average molecular weight is 601 g/mol. The minimum Gasteiger partial charge on any atom is -0.507 e. The molecule has 43 heavy (non-hydrogen) atoms. The topological polar surface area (TPSA) is 107 Å². The van der Waals surface area contributed by atoms with E-state index in [0.717, 1.165) is 27.8 Å². The number of ether oxygens (including phenoxy) is 4. The molecule has 6 rings (SSSR count). The molecule has 1 N–H and O–H groups in total. The lowest BCUT2D eigenvalue weighted by Gasteiger charge is -2.24. The summed E-state index contributed by atoms with van der Waals surface area (Å²) in [6, 6.07) is 13.3. The Morgan fingerprint density at radius 1 is 1.00 bits per heavy atom. The molecule has 10 heteroatoms. The maximum atomic E-state index is 13.8. The van der Waals surface area contributed by atoms with Crippen LogP contribution < -0.4 is 23.8 Å². The number of aliphatic hydroxyl groups is 1. The van der Waals surface area contributed by atoms with Crippen molar-refractivity contribution in [3.05, 3.63) is 76.4 Å². The molecule has 222 valence electrons. The minimum atomic E-state index is -0.977. The molecule has 2 aliphatic rings. The third-order valence-electron chi connectivity index (χ3n) is 7.33. The lowest BCUT2D eigenvalue weighted by atomic mass is 9.95. The minimum absolute atomic E-state index is 0.0569. The zero-order valence-corrected chi connectivity index (χ0v) is 25.2. The number of aromatic nitrogens is 1. The number of fused-ring (bicyclic) bond motifs is 2. The maximum Gasteiger partial charge on any atom is 0.301 e. The summed E-state index contributed by atoms with van der Waals surface area (Å²) in [5.74, 6) is 0.130. The molecular weight excluding hydrogens is 568 g/mol. The van der Waals surface area contributed by atoms with Gasteiger partial charge in [-0.1, -0.05) is 30.4 Å². The summed E-state index contributed by atoms with van der Waals surface area (Å²) in [6.45, 7) is 9.54. The quantitative estimate of drug-likeness (QED) is 0.139. The molecule has 1 fully saturated rings. The number of hydrogen-bond donors (Lipinski definition) is 1. The van der Waals surface area contributed by atoms with E-state index in [1.807, 2.05) is 39.8 Å². The van der Waals surface area contributed by atoms with Crippen molar-refractivity contribution < 1.29 is 33.6 Å². The van der Waals surface area contributed by atoms with Gasteiger partial charge in [-0.2, -0.15) is 0 Å². The molecule has 9 nitrogen and oxygen atoms in total. The smallest absolute Gasteiger partial charge is 0.301 e. The Morgan fingerprint density at radius 3 is 2.56 bits per heavy atom. The van der Waals surface area contributed by atoms with Crippen molar-refractivity contribution in [2.45, 2.75) is 40.2 Å².